The van der Waals surface area contributed by atoms with Crippen LogP contribution in [0, 0.1) is 0 Å². The molecule has 0 saturated carbocycles. The van der Waals surface area contributed by atoms with E-state index in [1.807, 2.05) is 0 Å². The Labute approximate surface area is 96.2 Å². The van der Waals surface area contributed by atoms with E-state index in [0.717, 1.165) is 0 Å². The lowest BCUT2D eigenvalue weighted by Gasteiger charge is -2.13. The summed E-state index contributed by atoms with van der Waals surface area (Å²) in [6.07, 6.45) is 0. The van der Waals surface area contributed by atoms with Crippen LogP contribution in [0.4, 0.5) is 0 Å². The summed E-state index contributed by atoms with van der Waals surface area (Å²) < 4.78 is 0. The van der Waals surface area contributed by atoms with Gasteiger partial charge in [-0.2, -0.15) is 71.5 Å². The third-order valence-electron chi connectivity index (χ3n) is 0.895. The monoisotopic (exact) mass is 254 g/mol. The van der Waals surface area contributed by atoms with Gasteiger partial charge in [0.15, 0.2) is 0 Å². The molecule has 0 radical (unpaired) electrons. The van der Waals surface area contributed by atoms with Crippen LogP contribution in [0.3, 0.4) is 0 Å². The van der Waals surface area contributed by atoms with E-state index >= 15 is 0 Å². The van der Waals surface area contributed by atoms with Gasteiger partial charge in [0.05, 0.1) is 0 Å². The summed E-state index contributed by atoms with van der Waals surface area (Å²) in [6.45, 7) is 3.16. The van der Waals surface area contributed by atoms with Crippen molar-refractivity contribution in [2.24, 2.45) is 10.9 Å². The van der Waals surface area contributed by atoms with Crippen LogP contribution in [-0.2, 0) is 0 Å². The molecule has 0 aliphatic rings. The average Bonchev–Trinajstić information content (AvgIpc) is 2.35. The summed E-state index contributed by atoms with van der Waals surface area (Å²) in [7, 11) is 0. The molecule has 0 unspecified atom stereocenters. The lowest BCUT2D eigenvalue weighted by Crippen LogP contribution is -2.67. The average molecular weight is 254 g/mol. The number of nitrogens with two attached hydrogens (primary N) is 1. The van der Waals surface area contributed by atoms with Gasteiger partial charge in [0.1, 0.15) is 0 Å². The number of rotatable bonds is 14. The highest BCUT2D eigenvalue weighted by Gasteiger charge is 1.81. The molecule has 0 heterocycles. The minimum atomic E-state index is 2.12. The topological polar surface area (TPSA) is 207 Å². The lowest BCUT2D eigenvalue weighted by atomic mass is 11.7. The van der Waals surface area contributed by atoms with Crippen molar-refractivity contribution in [2.45, 2.75) is 0 Å². The smallest absolute Gasteiger partial charge is 0.0121 e. The molecule has 0 aromatic rings. The van der Waals surface area contributed by atoms with E-state index in [2.05, 4.69) is 89.3 Å². The van der Waals surface area contributed by atoms with Crippen LogP contribution in [0.1, 0.15) is 0 Å². The first-order valence-electron chi connectivity index (χ1n) is 4.08. The van der Waals surface area contributed by atoms with Gasteiger partial charge in [-0.1, -0.05) is 0 Å². The summed E-state index contributed by atoms with van der Waals surface area (Å²) in [6, 6.07) is 0. The normalized spacial score (nSPS) is 10.4. The second-order valence-electron chi connectivity index (χ2n) is 1.91. The Morgan fingerprint density at radius 2 is 0.941 bits per heavy atom. The number of hydrogen-bond donors (Lipinski definition) is 15. The Morgan fingerprint density at radius 3 is 1.29 bits per heavy atom. The molecule has 17 heavy (non-hydrogen) atoms. The standard InChI is InChI=1S/CH18N16/c1-3-5-7-9-11-13-15-17-16-14-12-10-8-6-4-2/h4-17H,1-2H2. The molecule has 0 spiro atoms. The summed E-state index contributed by atoms with van der Waals surface area (Å²) in [5, 5.41) is 3.29. The van der Waals surface area contributed by atoms with Crippen molar-refractivity contribution >= 4 is 6.72 Å². The van der Waals surface area contributed by atoms with Crippen molar-refractivity contribution in [3.63, 3.8) is 0 Å². The Hall–Kier alpha value is -1.09. The van der Waals surface area contributed by atoms with Crippen LogP contribution < -0.4 is 83.3 Å². The van der Waals surface area contributed by atoms with Crippen LogP contribution in [-0.4, -0.2) is 6.72 Å². The molecule has 0 fully saturated rings. The van der Waals surface area contributed by atoms with E-state index in [1.165, 1.54) is 0 Å². The zero-order chi connectivity index (χ0) is 12.6. The maximum atomic E-state index is 4.88. The minimum Gasteiger partial charge on any atom is -0.257 e. The van der Waals surface area contributed by atoms with E-state index in [9.17, 15) is 0 Å². The SMILES string of the molecule is C=NNNNNNNNNNNNNNNN. The Bertz CT molecular complexity index is 142. The maximum absolute atomic E-state index is 4.88. The lowest BCUT2D eigenvalue weighted by molar-refractivity contribution is 0.209. The number of hydrazone groups is 1. The predicted octanol–water partition coefficient (Wildman–Crippen LogP) is -7.37. The van der Waals surface area contributed by atoms with Crippen molar-refractivity contribution in [3.05, 3.63) is 0 Å². The highest BCUT2D eigenvalue weighted by Crippen LogP contribution is 1.33. The molecule has 0 bridgehead atoms. The molecule has 0 aliphatic carbocycles. The molecule has 0 atom stereocenters. The fourth-order valence-corrected chi connectivity index (χ4v) is 0.416. The fourth-order valence-electron chi connectivity index (χ4n) is 0.416. The molecule has 0 rings (SSSR count). The molecule has 0 aromatic carbocycles. The molecule has 16 N–H and O–H groups in total. The van der Waals surface area contributed by atoms with Crippen LogP contribution in [0.5, 0.6) is 0 Å². The molecule has 0 aromatic heterocycles. The van der Waals surface area contributed by atoms with E-state index in [1.54, 1.807) is 0 Å². The van der Waals surface area contributed by atoms with Gasteiger partial charge in [0, 0.05) is 6.72 Å². The predicted molar refractivity (Wildman–Crippen MR) is 57.6 cm³/mol. The first-order chi connectivity index (χ1) is 8.41. The quantitative estimate of drug-likeness (QED) is 0.0601. The van der Waals surface area contributed by atoms with Crippen LogP contribution in [0.15, 0.2) is 5.10 Å². The zero-order valence-electron chi connectivity index (χ0n) is 8.73. The van der Waals surface area contributed by atoms with Crippen molar-refractivity contribution in [2.75, 3.05) is 0 Å². The van der Waals surface area contributed by atoms with Gasteiger partial charge in [-0.15, -0.1) is 5.53 Å². The van der Waals surface area contributed by atoms with Crippen LogP contribution in [0.25, 0.3) is 0 Å². The van der Waals surface area contributed by atoms with Crippen molar-refractivity contribution in [1.29, 1.82) is 0 Å². The van der Waals surface area contributed by atoms with Gasteiger partial charge in [0.2, 0.25) is 0 Å². The Morgan fingerprint density at radius 1 is 0.588 bits per heavy atom. The zero-order valence-corrected chi connectivity index (χ0v) is 8.73. The van der Waals surface area contributed by atoms with Crippen molar-refractivity contribution < 1.29 is 0 Å². The number of nitrogens with zero attached hydrogens (tertiary/aromatic N) is 1. The number of hydrogen-bond acceptors (Lipinski definition) is 16. The van der Waals surface area contributed by atoms with Crippen LogP contribution >= 0.6 is 0 Å². The summed E-state index contributed by atoms with van der Waals surface area (Å²) in [5.41, 5.74) is 33.7. The van der Waals surface area contributed by atoms with Crippen molar-refractivity contribution in [3.8, 4) is 0 Å². The van der Waals surface area contributed by atoms with Gasteiger partial charge >= 0.3 is 0 Å². The van der Waals surface area contributed by atoms with E-state index in [-0.39, 0.29) is 0 Å². The van der Waals surface area contributed by atoms with Gasteiger partial charge < -0.3 is 0 Å². The molecule has 0 amide bonds. The van der Waals surface area contributed by atoms with E-state index in [0.29, 0.717) is 0 Å². The van der Waals surface area contributed by atoms with Gasteiger partial charge in [-0.05, 0) is 0 Å². The minimum absolute atomic E-state index is 2.12. The Kier molecular flexibility index (Phi) is 14.0. The molecule has 0 saturated heterocycles. The van der Waals surface area contributed by atoms with Crippen molar-refractivity contribution in [1.82, 2.24) is 77.5 Å². The van der Waals surface area contributed by atoms with E-state index in [4.69, 9.17) is 5.84 Å². The van der Waals surface area contributed by atoms with Gasteiger partial charge in [-0.25, -0.2) is 5.53 Å². The summed E-state index contributed by atoms with van der Waals surface area (Å²) in [4.78, 5) is 0. The molecule has 0 aliphatic heterocycles. The summed E-state index contributed by atoms with van der Waals surface area (Å²) in [5.74, 6) is 4.88. The molecule has 16 nitrogen and oxygen atoms in total. The fraction of sp³-hybridized carbons (Fsp3) is 0. The highest BCUT2D eigenvalue weighted by molar-refractivity contribution is 5.21. The second-order valence-corrected chi connectivity index (χ2v) is 1.91. The largest absolute Gasteiger partial charge is 0.257 e. The van der Waals surface area contributed by atoms with Gasteiger partial charge in [-0.3, -0.25) is 5.84 Å². The molecular formula is CH18N16. The summed E-state index contributed by atoms with van der Waals surface area (Å²) >= 11 is 0. The Balaban J connectivity index is 2.87. The van der Waals surface area contributed by atoms with E-state index < -0.39 is 0 Å². The van der Waals surface area contributed by atoms with Gasteiger partial charge in [0.25, 0.3) is 0 Å². The molecule has 16 heteroatoms. The first kappa shape index (κ1) is 15.9. The molecular weight excluding hydrogens is 236 g/mol. The molecule has 102 valence electrons. The maximum Gasteiger partial charge on any atom is 0.0121 e. The first-order valence-corrected chi connectivity index (χ1v) is 4.08. The third kappa shape index (κ3) is 14.9. The number of nitrogens with one attached hydrogen (secondary N) is 14. The highest BCUT2D eigenvalue weighted by atomic mass is 16.0. The van der Waals surface area contributed by atoms with Crippen LogP contribution in [0.2, 0.25) is 0 Å². The third-order valence-corrected chi connectivity index (χ3v) is 0.895. The second kappa shape index (κ2) is 14.9. The number of hydrazine groups is 14.